The number of aryl methyl sites for hydroxylation is 1. The number of aromatic nitrogens is 2. The van der Waals surface area contributed by atoms with Gasteiger partial charge in [-0.25, -0.2) is 13.4 Å². The van der Waals surface area contributed by atoms with Crippen molar-refractivity contribution in [3.05, 3.63) is 42.4 Å². The molecule has 8 nitrogen and oxygen atoms in total. The molecule has 1 atom stereocenters. The number of rotatable bonds is 5. The molecule has 0 spiro atoms. The lowest BCUT2D eigenvalue weighted by Gasteiger charge is -2.30. The lowest BCUT2D eigenvalue weighted by Crippen LogP contribution is -2.43. The summed E-state index contributed by atoms with van der Waals surface area (Å²) < 4.78 is 28.3. The van der Waals surface area contributed by atoms with Crippen LogP contribution >= 0.6 is 0 Å². The SMILES string of the molecule is CC(=O)c1cccc(NC(=O)C2CCCN(S(=O)(=O)c3cn(C)cn3)C2)c1. The molecule has 1 amide bonds. The Hall–Kier alpha value is -2.52. The molecule has 1 aromatic heterocycles. The fourth-order valence-electron chi connectivity index (χ4n) is 3.09. The van der Waals surface area contributed by atoms with E-state index in [1.807, 2.05) is 0 Å². The molecule has 1 N–H and O–H groups in total. The fourth-order valence-corrected chi connectivity index (χ4v) is 4.58. The third-order valence-electron chi connectivity index (χ3n) is 4.58. The molecule has 2 heterocycles. The number of amides is 1. The topological polar surface area (TPSA) is 101 Å². The second-order valence-corrected chi connectivity index (χ2v) is 8.59. The largest absolute Gasteiger partial charge is 0.339 e. The first-order chi connectivity index (χ1) is 12.8. The highest BCUT2D eigenvalue weighted by Crippen LogP contribution is 2.24. The Morgan fingerprint density at radius 1 is 1.30 bits per heavy atom. The zero-order valence-corrected chi connectivity index (χ0v) is 16.1. The van der Waals surface area contributed by atoms with Crippen LogP contribution in [0.4, 0.5) is 5.69 Å². The minimum Gasteiger partial charge on any atom is -0.339 e. The van der Waals surface area contributed by atoms with Gasteiger partial charge in [-0.05, 0) is 31.9 Å². The smallest absolute Gasteiger partial charge is 0.262 e. The van der Waals surface area contributed by atoms with Gasteiger partial charge in [0.25, 0.3) is 10.0 Å². The van der Waals surface area contributed by atoms with Crippen LogP contribution in [0.1, 0.15) is 30.1 Å². The van der Waals surface area contributed by atoms with Crippen LogP contribution < -0.4 is 5.32 Å². The van der Waals surface area contributed by atoms with Gasteiger partial charge in [0, 0.05) is 37.6 Å². The zero-order chi connectivity index (χ0) is 19.6. The lowest BCUT2D eigenvalue weighted by atomic mass is 9.98. The Balaban J connectivity index is 1.71. The standard InChI is InChI=1S/C18H22N4O4S/c1-13(23)14-5-3-7-16(9-14)20-18(24)15-6-4-8-22(10-15)27(25,26)17-11-21(2)12-19-17/h3,5,7,9,11-12,15H,4,6,8,10H2,1-2H3,(H,20,24). The van der Waals surface area contributed by atoms with E-state index in [0.717, 1.165) is 0 Å². The average Bonchev–Trinajstić information content (AvgIpc) is 3.09. The van der Waals surface area contributed by atoms with E-state index < -0.39 is 15.9 Å². The van der Waals surface area contributed by atoms with Gasteiger partial charge >= 0.3 is 0 Å². The number of sulfonamides is 1. The van der Waals surface area contributed by atoms with Crippen molar-refractivity contribution in [2.75, 3.05) is 18.4 Å². The van der Waals surface area contributed by atoms with Crippen LogP contribution in [-0.2, 0) is 21.9 Å². The molecule has 1 unspecified atom stereocenters. The summed E-state index contributed by atoms with van der Waals surface area (Å²) >= 11 is 0. The molecule has 1 aliphatic heterocycles. The molecular weight excluding hydrogens is 368 g/mol. The van der Waals surface area contributed by atoms with E-state index in [4.69, 9.17) is 0 Å². The number of nitrogens with zero attached hydrogens (tertiary/aromatic N) is 3. The predicted octanol–water partition coefficient (Wildman–Crippen LogP) is 1.66. The van der Waals surface area contributed by atoms with Crippen molar-refractivity contribution in [3.8, 4) is 0 Å². The van der Waals surface area contributed by atoms with Crippen molar-refractivity contribution in [1.29, 1.82) is 0 Å². The highest BCUT2D eigenvalue weighted by Gasteiger charge is 2.34. The van der Waals surface area contributed by atoms with Gasteiger partial charge in [-0.3, -0.25) is 9.59 Å². The summed E-state index contributed by atoms with van der Waals surface area (Å²) in [7, 11) is -2.02. The molecule has 144 valence electrons. The average molecular weight is 390 g/mol. The molecule has 1 saturated heterocycles. The van der Waals surface area contributed by atoms with Gasteiger partial charge in [0.1, 0.15) is 0 Å². The number of piperidine rings is 1. The molecule has 0 radical (unpaired) electrons. The van der Waals surface area contributed by atoms with E-state index in [-0.39, 0.29) is 23.3 Å². The number of carbonyl (C=O) groups excluding carboxylic acids is 2. The van der Waals surface area contributed by atoms with Crippen LogP contribution in [0.25, 0.3) is 0 Å². The second-order valence-electron chi connectivity index (χ2n) is 6.71. The maximum absolute atomic E-state index is 12.7. The molecule has 27 heavy (non-hydrogen) atoms. The summed E-state index contributed by atoms with van der Waals surface area (Å²) in [6.07, 6.45) is 4.08. The number of nitrogens with one attached hydrogen (secondary N) is 1. The highest BCUT2D eigenvalue weighted by molar-refractivity contribution is 7.89. The van der Waals surface area contributed by atoms with Gasteiger partial charge in [-0.15, -0.1) is 0 Å². The van der Waals surface area contributed by atoms with Gasteiger partial charge < -0.3 is 9.88 Å². The molecule has 2 aromatic rings. The van der Waals surface area contributed by atoms with Gasteiger partial charge in [-0.2, -0.15) is 4.31 Å². The number of imidazole rings is 1. The van der Waals surface area contributed by atoms with Crippen molar-refractivity contribution in [2.45, 2.75) is 24.8 Å². The predicted molar refractivity (Wildman–Crippen MR) is 99.8 cm³/mol. The Bertz CT molecular complexity index is 967. The Morgan fingerprint density at radius 2 is 2.07 bits per heavy atom. The van der Waals surface area contributed by atoms with Crippen molar-refractivity contribution in [3.63, 3.8) is 0 Å². The van der Waals surface area contributed by atoms with Crippen molar-refractivity contribution < 1.29 is 18.0 Å². The minimum absolute atomic E-state index is 0.0137. The number of anilines is 1. The molecule has 9 heteroatoms. The first-order valence-electron chi connectivity index (χ1n) is 8.67. The molecule has 0 saturated carbocycles. The maximum atomic E-state index is 12.7. The Morgan fingerprint density at radius 3 is 2.74 bits per heavy atom. The first-order valence-corrected chi connectivity index (χ1v) is 10.1. The zero-order valence-electron chi connectivity index (χ0n) is 15.3. The molecule has 1 fully saturated rings. The molecule has 3 rings (SSSR count). The van der Waals surface area contributed by atoms with Gasteiger partial charge in [0.15, 0.2) is 10.8 Å². The Kier molecular flexibility index (Phi) is 5.43. The summed E-state index contributed by atoms with van der Waals surface area (Å²) in [4.78, 5) is 28.0. The number of ketones is 1. The quantitative estimate of drug-likeness (QED) is 0.783. The second kappa shape index (κ2) is 7.61. The molecule has 0 aliphatic carbocycles. The first kappa shape index (κ1) is 19.2. The summed E-state index contributed by atoms with van der Waals surface area (Å²) in [5.41, 5.74) is 1.04. The number of Topliss-reactive ketones (excluding diaryl/α,β-unsaturated/α-hetero) is 1. The number of hydrogen-bond donors (Lipinski definition) is 1. The van der Waals surface area contributed by atoms with Crippen molar-refractivity contribution in [1.82, 2.24) is 13.9 Å². The lowest BCUT2D eigenvalue weighted by molar-refractivity contribution is -0.120. The summed E-state index contributed by atoms with van der Waals surface area (Å²) in [5.74, 6) is -0.800. The van der Waals surface area contributed by atoms with E-state index in [9.17, 15) is 18.0 Å². The number of benzene rings is 1. The minimum atomic E-state index is -3.72. The maximum Gasteiger partial charge on any atom is 0.262 e. The van der Waals surface area contributed by atoms with E-state index in [1.54, 1.807) is 35.9 Å². The van der Waals surface area contributed by atoms with Crippen molar-refractivity contribution >= 4 is 27.4 Å². The molecular formula is C18H22N4O4S. The molecule has 0 bridgehead atoms. The monoisotopic (exact) mass is 390 g/mol. The van der Waals surface area contributed by atoms with Crippen LogP contribution in [0.3, 0.4) is 0 Å². The van der Waals surface area contributed by atoms with E-state index in [1.165, 1.54) is 23.8 Å². The summed E-state index contributed by atoms with van der Waals surface area (Å²) in [6, 6.07) is 6.70. The third-order valence-corrected chi connectivity index (χ3v) is 6.33. The number of carbonyl (C=O) groups is 2. The van der Waals surface area contributed by atoms with Crippen LogP contribution in [0, 0.1) is 5.92 Å². The van der Waals surface area contributed by atoms with Crippen LogP contribution in [0.15, 0.2) is 41.8 Å². The van der Waals surface area contributed by atoms with Crippen LogP contribution in [-0.4, -0.2) is 47.1 Å². The van der Waals surface area contributed by atoms with E-state index in [0.29, 0.717) is 30.6 Å². The molecule has 1 aromatic carbocycles. The van der Waals surface area contributed by atoms with Gasteiger partial charge in [0.05, 0.1) is 12.2 Å². The number of hydrogen-bond acceptors (Lipinski definition) is 5. The van der Waals surface area contributed by atoms with Gasteiger partial charge in [-0.1, -0.05) is 12.1 Å². The summed E-state index contributed by atoms with van der Waals surface area (Å²) in [5, 5.41) is 2.78. The van der Waals surface area contributed by atoms with Crippen molar-refractivity contribution in [2.24, 2.45) is 13.0 Å². The molecule has 1 aliphatic rings. The Labute approximate surface area is 158 Å². The van der Waals surface area contributed by atoms with E-state index >= 15 is 0 Å². The van der Waals surface area contributed by atoms with Crippen LogP contribution in [0.5, 0.6) is 0 Å². The summed E-state index contributed by atoms with van der Waals surface area (Å²) in [6.45, 7) is 1.93. The fraction of sp³-hybridized carbons (Fsp3) is 0.389. The van der Waals surface area contributed by atoms with Gasteiger partial charge in [0.2, 0.25) is 5.91 Å². The van der Waals surface area contributed by atoms with Crippen LogP contribution in [0.2, 0.25) is 0 Å². The normalized spacial score (nSPS) is 18.2. The third kappa shape index (κ3) is 4.25. The van der Waals surface area contributed by atoms with E-state index in [2.05, 4.69) is 10.3 Å². The highest BCUT2D eigenvalue weighted by atomic mass is 32.2.